The molecule has 0 aliphatic rings. The van der Waals surface area contributed by atoms with Gasteiger partial charge < -0.3 is 4.98 Å². The number of hydrogen-bond acceptors (Lipinski definition) is 2. The first kappa shape index (κ1) is 17.5. The molecule has 1 aromatic heterocycles. The third kappa shape index (κ3) is 3.70. The lowest BCUT2D eigenvalue weighted by Gasteiger charge is -2.09. The third-order valence-electron chi connectivity index (χ3n) is 3.44. The van der Waals surface area contributed by atoms with Crippen LogP contribution in [0.3, 0.4) is 0 Å². The molecule has 0 radical (unpaired) electrons. The molecule has 0 aliphatic heterocycles. The molecular formula is C17H9Cl2F3N2O. The molecule has 0 bridgehead atoms. The summed E-state index contributed by atoms with van der Waals surface area (Å²) in [6.45, 7) is 0. The molecule has 1 heterocycles. The highest BCUT2D eigenvalue weighted by Gasteiger charge is 2.33. The van der Waals surface area contributed by atoms with E-state index in [9.17, 15) is 18.0 Å². The molecule has 0 unspecified atom stereocenters. The number of aromatic nitrogens is 2. The number of hydrogen-bond donors (Lipinski definition) is 1. The van der Waals surface area contributed by atoms with Crippen LogP contribution in [0.2, 0.25) is 10.0 Å². The van der Waals surface area contributed by atoms with E-state index in [1.54, 1.807) is 24.3 Å². The van der Waals surface area contributed by atoms with Gasteiger partial charge in [0.25, 0.3) is 5.56 Å². The van der Waals surface area contributed by atoms with Gasteiger partial charge in [-0.05, 0) is 35.9 Å². The molecule has 128 valence electrons. The lowest BCUT2D eigenvalue weighted by molar-refractivity contribution is -0.136. The van der Waals surface area contributed by atoms with Crippen LogP contribution in [0, 0.1) is 0 Å². The topological polar surface area (TPSA) is 45.8 Å². The molecule has 0 saturated heterocycles. The van der Waals surface area contributed by atoms with Crippen molar-refractivity contribution in [2.45, 2.75) is 6.18 Å². The molecule has 0 aliphatic carbocycles. The van der Waals surface area contributed by atoms with Gasteiger partial charge in [0.05, 0.1) is 26.5 Å². The number of rotatable bonds is 2. The smallest absolute Gasteiger partial charge is 0.306 e. The number of benzene rings is 2. The molecule has 0 saturated carbocycles. The fraction of sp³-hybridized carbons (Fsp3) is 0.0588. The van der Waals surface area contributed by atoms with E-state index in [0.29, 0.717) is 15.6 Å². The molecule has 3 nitrogen and oxygen atoms in total. The van der Waals surface area contributed by atoms with Gasteiger partial charge in [-0.25, -0.2) is 4.98 Å². The van der Waals surface area contributed by atoms with Gasteiger partial charge >= 0.3 is 6.18 Å². The Hall–Kier alpha value is -2.31. The first-order chi connectivity index (χ1) is 11.8. The molecule has 0 spiro atoms. The van der Waals surface area contributed by atoms with Crippen molar-refractivity contribution >= 4 is 46.3 Å². The maximum atomic E-state index is 13.1. The molecular weight excluding hydrogens is 376 g/mol. The van der Waals surface area contributed by atoms with Gasteiger partial charge in [0, 0.05) is 0 Å². The standard InChI is InChI=1S/C17H9Cl2F3N2O/c18-12-6-4-9(8-13(12)19)5-7-14-23-15-10(16(25)24-14)2-1-3-11(15)17(20,21)22/h1-8H,(H,23,24,25). The summed E-state index contributed by atoms with van der Waals surface area (Å²) in [5.74, 6) is 0.000252. The van der Waals surface area contributed by atoms with E-state index in [0.717, 1.165) is 6.07 Å². The van der Waals surface area contributed by atoms with Crippen LogP contribution in [-0.2, 0) is 6.18 Å². The Morgan fingerprint density at radius 1 is 1.04 bits per heavy atom. The van der Waals surface area contributed by atoms with Gasteiger partial charge in [-0.3, -0.25) is 4.79 Å². The summed E-state index contributed by atoms with van der Waals surface area (Å²) in [4.78, 5) is 18.4. The van der Waals surface area contributed by atoms with E-state index in [1.807, 2.05) is 0 Å². The van der Waals surface area contributed by atoms with E-state index < -0.39 is 22.8 Å². The van der Waals surface area contributed by atoms with E-state index in [2.05, 4.69) is 9.97 Å². The minimum absolute atomic E-state index is 0.000252. The van der Waals surface area contributed by atoms with E-state index >= 15 is 0 Å². The summed E-state index contributed by atoms with van der Waals surface area (Å²) in [6, 6.07) is 8.20. The lowest BCUT2D eigenvalue weighted by Crippen LogP contribution is -2.14. The minimum Gasteiger partial charge on any atom is -0.306 e. The van der Waals surface area contributed by atoms with Crippen LogP contribution in [0.15, 0.2) is 41.2 Å². The minimum atomic E-state index is -4.61. The van der Waals surface area contributed by atoms with Crippen molar-refractivity contribution in [2.75, 3.05) is 0 Å². The Morgan fingerprint density at radius 2 is 1.80 bits per heavy atom. The zero-order chi connectivity index (χ0) is 18.2. The van der Waals surface area contributed by atoms with Crippen LogP contribution >= 0.6 is 23.2 Å². The normalized spacial score (nSPS) is 12.2. The number of halogens is 5. The van der Waals surface area contributed by atoms with Crippen molar-refractivity contribution < 1.29 is 13.2 Å². The highest BCUT2D eigenvalue weighted by molar-refractivity contribution is 6.42. The van der Waals surface area contributed by atoms with E-state index in [4.69, 9.17) is 23.2 Å². The average molecular weight is 385 g/mol. The largest absolute Gasteiger partial charge is 0.418 e. The van der Waals surface area contributed by atoms with Crippen LogP contribution < -0.4 is 5.56 Å². The van der Waals surface area contributed by atoms with Gasteiger partial charge in [0.15, 0.2) is 0 Å². The van der Waals surface area contributed by atoms with Gasteiger partial charge in [0.2, 0.25) is 0 Å². The van der Waals surface area contributed by atoms with Gasteiger partial charge in [-0.2, -0.15) is 13.2 Å². The zero-order valence-corrected chi connectivity index (χ0v) is 13.9. The Bertz CT molecular complexity index is 1040. The Kier molecular flexibility index (Phi) is 4.58. The van der Waals surface area contributed by atoms with Gasteiger partial charge in [-0.15, -0.1) is 0 Å². The Morgan fingerprint density at radius 3 is 2.48 bits per heavy atom. The summed E-state index contributed by atoms with van der Waals surface area (Å²) < 4.78 is 39.4. The molecule has 3 aromatic rings. The van der Waals surface area contributed by atoms with Crippen LogP contribution in [0.1, 0.15) is 17.0 Å². The summed E-state index contributed by atoms with van der Waals surface area (Å²) >= 11 is 11.7. The van der Waals surface area contributed by atoms with Crippen molar-refractivity contribution in [3.8, 4) is 0 Å². The Balaban J connectivity index is 2.09. The monoisotopic (exact) mass is 384 g/mol. The number of nitrogens with zero attached hydrogens (tertiary/aromatic N) is 1. The third-order valence-corrected chi connectivity index (χ3v) is 4.18. The molecule has 2 aromatic carbocycles. The number of fused-ring (bicyclic) bond motifs is 1. The van der Waals surface area contributed by atoms with Crippen LogP contribution in [0.25, 0.3) is 23.1 Å². The van der Waals surface area contributed by atoms with Crippen LogP contribution in [-0.4, -0.2) is 9.97 Å². The highest BCUT2D eigenvalue weighted by atomic mass is 35.5. The van der Waals surface area contributed by atoms with Crippen molar-refractivity contribution in [3.05, 3.63) is 73.7 Å². The van der Waals surface area contributed by atoms with Crippen molar-refractivity contribution in [1.82, 2.24) is 9.97 Å². The van der Waals surface area contributed by atoms with Crippen molar-refractivity contribution in [1.29, 1.82) is 0 Å². The van der Waals surface area contributed by atoms with Gasteiger partial charge in [0.1, 0.15) is 5.82 Å². The summed E-state index contributed by atoms with van der Waals surface area (Å²) in [5, 5.41) is 0.593. The summed E-state index contributed by atoms with van der Waals surface area (Å²) in [7, 11) is 0. The Labute approximate surface area is 149 Å². The molecule has 25 heavy (non-hydrogen) atoms. The van der Waals surface area contributed by atoms with Crippen molar-refractivity contribution in [3.63, 3.8) is 0 Å². The SMILES string of the molecule is O=c1[nH]c(C=Cc2ccc(Cl)c(Cl)c2)nc2c(C(F)(F)F)cccc12. The summed E-state index contributed by atoms with van der Waals surface area (Å²) in [6.07, 6.45) is -1.65. The fourth-order valence-electron chi connectivity index (χ4n) is 2.28. The number of nitrogens with one attached hydrogen (secondary N) is 1. The van der Waals surface area contributed by atoms with Crippen molar-refractivity contribution in [2.24, 2.45) is 0 Å². The molecule has 3 rings (SSSR count). The lowest BCUT2D eigenvalue weighted by atomic mass is 10.1. The average Bonchev–Trinajstić information content (AvgIpc) is 2.54. The number of H-pyrrole nitrogens is 1. The number of alkyl halides is 3. The maximum Gasteiger partial charge on any atom is 0.418 e. The predicted molar refractivity (Wildman–Crippen MR) is 92.8 cm³/mol. The summed E-state index contributed by atoms with van der Waals surface area (Å²) in [5.41, 5.74) is -1.35. The molecule has 0 fully saturated rings. The van der Waals surface area contributed by atoms with Crippen LogP contribution in [0.4, 0.5) is 13.2 Å². The molecule has 0 atom stereocenters. The molecule has 0 amide bonds. The maximum absolute atomic E-state index is 13.1. The zero-order valence-electron chi connectivity index (χ0n) is 12.4. The molecule has 1 N–H and O–H groups in total. The molecule has 8 heteroatoms. The number of aromatic amines is 1. The highest BCUT2D eigenvalue weighted by Crippen LogP contribution is 2.33. The van der Waals surface area contributed by atoms with E-state index in [1.165, 1.54) is 18.2 Å². The number of para-hydroxylation sites is 1. The quantitative estimate of drug-likeness (QED) is 0.641. The van der Waals surface area contributed by atoms with Gasteiger partial charge in [-0.1, -0.05) is 41.4 Å². The second kappa shape index (κ2) is 6.54. The van der Waals surface area contributed by atoms with E-state index in [-0.39, 0.29) is 11.2 Å². The first-order valence-electron chi connectivity index (χ1n) is 6.99. The first-order valence-corrected chi connectivity index (χ1v) is 7.74. The second-order valence-electron chi connectivity index (χ2n) is 5.16. The second-order valence-corrected chi connectivity index (χ2v) is 5.97. The van der Waals surface area contributed by atoms with Crippen LogP contribution in [0.5, 0.6) is 0 Å². The predicted octanol–water partition coefficient (Wildman–Crippen LogP) is 5.42. The fourth-order valence-corrected chi connectivity index (χ4v) is 2.58.